The Morgan fingerprint density at radius 3 is 2.89 bits per heavy atom. The van der Waals surface area contributed by atoms with Crippen molar-refractivity contribution in [1.82, 2.24) is 10.3 Å². The van der Waals surface area contributed by atoms with E-state index in [2.05, 4.69) is 42.3 Å². The van der Waals surface area contributed by atoms with Gasteiger partial charge >= 0.3 is 0 Å². The van der Waals surface area contributed by atoms with Crippen LogP contribution >= 0.6 is 22.9 Å². The van der Waals surface area contributed by atoms with Crippen LogP contribution in [0.3, 0.4) is 0 Å². The van der Waals surface area contributed by atoms with Crippen molar-refractivity contribution in [3.8, 4) is 0 Å². The van der Waals surface area contributed by atoms with Gasteiger partial charge in [-0.25, -0.2) is 4.98 Å². The summed E-state index contributed by atoms with van der Waals surface area (Å²) in [5, 5.41) is 5.03. The highest BCUT2D eigenvalue weighted by Crippen LogP contribution is 2.44. The van der Waals surface area contributed by atoms with Crippen molar-refractivity contribution in [3.05, 3.63) is 29.3 Å². The number of alkyl halides is 1. The van der Waals surface area contributed by atoms with E-state index in [0.29, 0.717) is 11.4 Å². The lowest BCUT2D eigenvalue weighted by Crippen LogP contribution is -2.57. The fraction of sp³-hybridized carbons (Fsp3) is 0.500. The van der Waals surface area contributed by atoms with E-state index in [0.717, 1.165) is 23.5 Å². The smallest absolute Gasteiger partial charge is 0.108 e. The second-order valence-corrected chi connectivity index (χ2v) is 7.18. The second-order valence-electron chi connectivity index (χ2n) is 5.53. The third-order valence-corrected chi connectivity index (χ3v) is 5.76. The highest BCUT2D eigenvalue weighted by Gasteiger charge is 2.46. The SMILES string of the molecule is CC1(C)C(Cl)CC1NCc1nc2ccccc2s1. The number of rotatable bonds is 3. The van der Waals surface area contributed by atoms with Gasteiger partial charge in [-0.2, -0.15) is 0 Å². The van der Waals surface area contributed by atoms with Crippen LogP contribution < -0.4 is 5.32 Å². The molecule has 1 saturated carbocycles. The Bertz CT molecular complexity index is 531. The van der Waals surface area contributed by atoms with Gasteiger partial charge in [-0.15, -0.1) is 22.9 Å². The molecule has 1 fully saturated rings. The summed E-state index contributed by atoms with van der Waals surface area (Å²) in [6.45, 7) is 5.30. The molecule has 2 unspecified atom stereocenters. The molecule has 0 spiro atoms. The summed E-state index contributed by atoms with van der Waals surface area (Å²) in [5.41, 5.74) is 1.29. The quantitative estimate of drug-likeness (QED) is 0.865. The number of para-hydroxylation sites is 1. The van der Waals surface area contributed by atoms with Crippen molar-refractivity contribution in [2.75, 3.05) is 0 Å². The number of halogens is 1. The first-order chi connectivity index (χ1) is 8.57. The van der Waals surface area contributed by atoms with Gasteiger partial charge in [0.2, 0.25) is 0 Å². The summed E-state index contributed by atoms with van der Waals surface area (Å²) in [7, 11) is 0. The topological polar surface area (TPSA) is 24.9 Å². The maximum Gasteiger partial charge on any atom is 0.108 e. The highest BCUT2D eigenvalue weighted by atomic mass is 35.5. The lowest BCUT2D eigenvalue weighted by Gasteiger charge is -2.49. The number of thiazole rings is 1. The second kappa shape index (κ2) is 4.48. The van der Waals surface area contributed by atoms with Gasteiger partial charge < -0.3 is 5.32 Å². The van der Waals surface area contributed by atoms with Gasteiger partial charge in [0.15, 0.2) is 0 Å². The number of nitrogens with zero attached hydrogens (tertiary/aromatic N) is 1. The maximum atomic E-state index is 6.23. The molecule has 0 saturated heterocycles. The van der Waals surface area contributed by atoms with Crippen LogP contribution in [0.1, 0.15) is 25.3 Å². The molecule has 1 N–H and O–H groups in total. The van der Waals surface area contributed by atoms with E-state index in [9.17, 15) is 0 Å². The average Bonchev–Trinajstić information content (AvgIpc) is 2.76. The van der Waals surface area contributed by atoms with Crippen molar-refractivity contribution < 1.29 is 0 Å². The minimum atomic E-state index is 0.193. The number of fused-ring (bicyclic) bond motifs is 1. The first-order valence-electron chi connectivity index (χ1n) is 6.29. The fourth-order valence-corrected chi connectivity index (χ4v) is 3.67. The Balaban J connectivity index is 1.67. The molecule has 0 amide bonds. The van der Waals surface area contributed by atoms with Gasteiger partial charge in [0, 0.05) is 18.0 Å². The number of aromatic nitrogens is 1. The molecule has 2 aromatic rings. The minimum Gasteiger partial charge on any atom is -0.307 e. The van der Waals surface area contributed by atoms with Crippen LogP contribution in [-0.2, 0) is 6.54 Å². The number of nitrogens with one attached hydrogen (secondary N) is 1. The summed E-state index contributed by atoms with van der Waals surface area (Å²) in [6, 6.07) is 8.79. The maximum absolute atomic E-state index is 6.23. The number of hydrogen-bond acceptors (Lipinski definition) is 3. The molecule has 1 aromatic heterocycles. The first-order valence-corrected chi connectivity index (χ1v) is 7.54. The van der Waals surface area contributed by atoms with E-state index in [1.54, 1.807) is 11.3 Å². The first kappa shape index (κ1) is 12.4. The van der Waals surface area contributed by atoms with Crippen molar-refractivity contribution >= 4 is 33.2 Å². The molecular weight excluding hydrogens is 264 g/mol. The predicted octanol–water partition coefficient (Wildman–Crippen LogP) is 3.79. The standard InChI is InChI=1S/C14H17ClN2S/c1-14(2)11(15)7-12(14)16-8-13-17-9-5-3-4-6-10(9)18-13/h3-6,11-12,16H,7-8H2,1-2H3. The largest absolute Gasteiger partial charge is 0.307 e. The summed E-state index contributed by atoms with van der Waals surface area (Å²) in [5.74, 6) is 0. The highest BCUT2D eigenvalue weighted by molar-refractivity contribution is 7.18. The van der Waals surface area contributed by atoms with Crippen LogP contribution in [0.4, 0.5) is 0 Å². The summed E-state index contributed by atoms with van der Waals surface area (Å²) in [4.78, 5) is 4.63. The van der Waals surface area contributed by atoms with Crippen LogP contribution in [0.2, 0.25) is 0 Å². The lowest BCUT2D eigenvalue weighted by atomic mass is 9.67. The Morgan fingerprint density at radius 1 is 1.44 bits per heavy atom. The number of benzene rings is 1. The fourth-order valence-electron chi connectivity index (χ4n) is 2.42. The molecule has 2 nitrogen and oxygen atoms in total. The summed E-state index contributed by atoms with van der Waals surface area (Å²) >= 11 is 8.00. The molecule has 96 valence electrons. The Morgan fingerprint density at radius 2 is 2.22 bits per heavy atom. The molecule has 3 rings (SSSR count). The Hall–Kier alpha value is -0.640. The van der Waals surface area contributed by atoms with Crippen LogP contribution in [-0.4, -0.2) is 16.4 Å². The van der Waals surface area contributed by atoms with Gasteiger partial charge in [-0.05, 0) is 24.0 Å². The Labute approximate surface area is 116 Å². The third kappa shape index (κ3) is 2.04. The van der Waals surface area contributed by atoms with Crippen molar-refractivity contribution in [1.29, 1.82) is 0 Å². The zero-order chi connectivity index (χ0) is 12.8. The monoisotopic (exact) mass is 280 g/mol. The average molecular weight is 281 g/mol. The minimum absolute atomic E-state index is 0.193. The predicted molar refractivity (Wildman–Crippen MR) is 78.3 cm³/mol. The van der Waals surface area contributed by atoms with E-state index in [1.165, 1.54) is 4.70 Å². The normalized spacial score (nSPS) is 26.2. The molecule has 1 heterocycles. The third-order valence-electron chi connectivity index (χ3n) is 3.99. The molecule has 4 heteroatoms. The molecule has 0 aliphatic heterocycles. The molecule has 1 aliphatic carbocycles. The molecule has 1 aromatic carbocycles. The molecule has 0 radical (unpaired) electrons. The van der Waals surface area contributed by atoms with Gasteiger partial charge in [0.25, 0.3) is 0 Å². The van der Waals surface area contributed by atoms with Gasteiger partial charge in [-0.3, -0.25) is 0 Å². The van der Waals surface area contributed by atoms with E-state index in [4.69, 9.17) is 11.6 Å². The van der Waals surface area contributed by atoms with Crippen LogP contribution in [0.15, 0.2) is 24.3 Å². The van der Waals surface area contributed by atoms with Crippen LogP contribution in [0.5, 0.6) is 0 Å². The van der Waals surface area contributed by atoms with Crippen molar-refractivity contribution in [2.24, 2.45) is 5.41 Å². The molecule has 1 aliphatic rings. The van der Waals surface area contributed by atoms with Crippen molar-refractivity contribution in [2.45, 2.75) is 38.2 Å². The van der Waals surface area contributed by atoms with Crippen LogP contribution in [0.25, 0.3) is 10.2 Å². The molecule has 2 atom stereocenters. The van der Waals surface area contributed by atoms with E-state index in [-0.39, 0.29) is 5.41 Å². The van der Waals surface area contributed by atoms with Crippen molar-refractivity contribution in [3.63, 3.8) is 0 Å². The van der Waals surface area contributed by atoms with E-state index < -0.39 is 0 Å². The van der Waals surface area contributed by atoms with Gasteiger partial charge in [-0.1, -0.05) is 26.0 Å². The summed E-state index contributed by atoms with van der Waals surface area (Å²) in [6.07, 6.45) is 1.06. The Kier molecular flexibility index (Phi) is 3.08. The van der Waals surface area contributed by atoms with E-state index in [1.807, 2.05) is 6.07 Å². The molecular formula is C14H17ClN2S. The lowest BCUT2D eigenvalue weighted by molar-refractivity contribution is 0.115. The van der Waals surface area contributed by atoms with E-state index >= 15 is 0 Å². The molecule has 18 heavy (non-hydrogen) atoms. The molecule has 0 bridgehead atoms. The zero-order valence-corrected chi connectivity index (χ0v) is 12.2. The van der Waals surface area contributed by atoms with Gasteiger partial charge in [0.05, 0.1) is 10.2 Å². The van der Waals surface area contributed by atoms with Crippen LogP contribution in [0, 0.1) is 5.41 Å². The summed E-state index contributed by atoms with van der Waals surface area (Å²) < 4.78 is 1.26. The number of hydrogen-bond donors (Lipinski definition) is 1. The van der Waals surface area contributed by atoms with Gasteiger partial charge in [0.1, 0.15) is 5.01 Å². The zero-order valence-electron chi connectivity index (χ0n) is 10.6.